The third-order valence-corrected chi connectivity index (χ3v) is 4.09. The van der Waals surface area contributed by atoms with Crippen LogP contribution in [0.4, 0.5) is 5.69 Å². The fourth-order valence-corrected chi connectivity index (χ4v) is 2.80. The molecule has 3 rings (SSSR count). The third kappa shape index (κ3) is 3.62. The van der Waals surface area contributed by atoms with E-state index in [9.17, 15) is 4.79 Å². The summed E-state index contributed by atoms with van der Waals surface area (Å²) < 4.78 is 3.90. The number of carbonyl (C=O) groups excluding carboxylic acids is 1. The largest absolute Gasteiger partial charge is 0.318 e. The van der Waals surface area contributed by atoms with Gasteiger partial charge in [0.2, 0.25) is 0 Å². The second kappa shape index (κ2) is 6.55. The van der Waals surface area contributed by atoms with Crippen molar-refractivity contribution >= 4 is 39.1 Å². The van der Waals surface area contributed by atoms with E-state index in [0.717, 1.165) is 5.56 Å². The van der Waals surface area contributed by atoms with Crippen molar-refractivity contribution in [3.63, 3.8) is 0 Å². The Morgan fingerprint density at radius 3 is 2.65 bits per heavy atom. The van der Waals surface area contributed by atoms with Crippen LogP contribution in [-0.4, -0.2) is 25.5 Å². The number of hydrogen-bond donors (Lipinski definition) is 1. The lowest BCUT2D eigenvalue weighted by Gasteiger charge is -2.04. The van der Waals surface area contributed by atoms with Gasteiger partial charge in [0.15, 0.2) is 0 Å². The first-order valence-corrected chi connectivity index (χ1v) is 7.96. The molecule has 1 aromatic carbocycles. The minimum Gasteiger partial charge on any atom is -0.318 e. The highest BCUT2D eigenvalue weighted by atomic mass is 79.9. The van der Waals surface area contributed by atoms with Crippen LogP contribution in [0.15, 0.2) is 47.3 Å². The van der Waals surface area contributed by atoms with Crippen molar-refractivity contribution in [2.75, 3.05) is 5.32 Å². The lowest BCUT2D eigenvalue weighted by atomic mass is 10.2. The molecule has 6 nitrogen and oxygen atoms in total. The Hall–Kier alpha value is -2.12. The Morgan fingerprint density at radius 1 is 1.26 bits per heavy atom. The second-order valence-electron chi connectivity index (χ2n) is 4.97. The molecule has 3 aromatic rings. The molecule has 0 radical (unpaired) electrons. The lowest BCUT2D eigenvalue weighted by molar-refractivity contribution is 0.101. The number of nitrogens with zero attached hydrogens (tertiary/aromatic N) is 4. The maximum absolute atomic E-state index is 12.3. The molecule has 0 atom stereocenters. The maximum Gasteiger partial charge on any atom is 0.275 e. The van der Waals surface area contributed by atoms with E-state index in [0.29, 0.717) is 27.4 Å². The standard InChI is InChI=1S/C15H13BrClN5O/c1-21-14(13(16)7-18-21)15(23)20-12-6-19-22(9-12)8-10-2-4-11(17)5-3-10/h2-7,9H,8H2,1H3,(H,20,23). The van der Waals surface area contributed by atoms with Gasteiger partial charge >= 0.3 is 0 Å². The van der Waals surface area contributed by atoms with Gasteiger partial charge in [0.1, 0.15) is 5.69 Å². The zero-order chi connectivity index (χ0) is 16.4. The average Bonchev–Trinajstić information content (AvgIpc) is 3.08. The molecule has 1 amide bonds. The number of aromatic nitrogens is 4. The fourth-order valence-electron chi connectivity index (χ4n) is 2.15. The third-order valence-electron chi connectivity index (χ3n) is 3.26. The van der Waals surface area contributed by atoms with E-state index in [4.69, 9.17) is 11.6 Å². The van der Waals surface area contributed by atoms with Gasteiger partial charge in [0, 0.05) is 18.3 Å². The first-order chi connectivity index (χ1) is 11.0. The summed E-state index contributed by atoms with van der Waals surface area (Å²) in [7, 11) is 1.71. The van der Waals surface area contributed by atoms with Crippen LogP contribution in [0, 0.1) is 0 Å². The van der Waals surface area contributed by atoms with Crippen LogP contribution in [0.2, 0.25) is 5.02 Å². The van der Waals surface area contributed by atoms with Crippen LogP contribution < -0.4 is 5.32 Å². The van der Waals surface area contributed by atoms with E-state index in [1.54, 1.807) is 30.3 Å². The Balaban J connectivity index is 1.70. The van der Waals surface area contributed by atoms with Crippen LogP contribution in [0.5, 0.6) is 0 Å². The SMILES string of the molecule is Cn1ncc(Br)c1C(=O)Nc1cnn(Cc2ccc(Cl)cc2)c1. The number of amides is 1. The molecule has 1 N–H and O–H groups in total. The van der Waals surface area contributed by atoms with E-state index in [1.807, 2.05) is 24.3 Å². The van der Waals surface area contributed by atoms with E-state index in [1.165, 1.54) is 4.68 Å². The van der Waals surface area contributed by atoms with Crippen molar-refractivity contribution in [3.05, 3.63) is 63.6 Å². The highest BCUT2D eigenvalue weighted by Gasteiger charge is 2.16. The van der Waals surface area contributed by atoms with Gasteiger partial charge in [-0.15, -0.1) is 0 Å². The van der Waals surface area contributed by atoms with Gasteiger partial charge in [-0.2, -0.15) is 10.2 Å². The molecule has 0 bridgehead atoms. The van der Waals surface area contributed by atoms with E-state index >= 15 is 0 Å². The van der Waals surface area contributed by atoms with Crippen LogP contribution in [0.1, 0.15) is 16.1 Å². The zero-order valence-electron chi connectivity index (χ0n) is 12.2. The number of rotatable bonds is 4. The first kappa shape index (κ1) is 15.8. The van der Waals surface area contributed by atoms with E-state index in [-0.39, 0.29) is 5.91 Å². The van der Waals surface area contributed by atoms with Crippen molar-refractivity contribution in [1.29, 1.82) is 0 Å². The summed E-state index contributed by atoms with van der Waals surface area (Å²) in [4.78, 5) is 12.3. The molecular formula is C15H13BrClN5O. The second-order valence-corrected chi connectivity index (χ2v) is 6.26. The maximum atomic E-state index is 12.3. The molecule has 0 aliphatic rings. The number of anilines is 1. The van der Waals surface area contributed by atoms with Gasteiger partial charge in [0.25, 0.3) is 5.91 Å². The predicted octanol–water partition coefficient (Wildman–Crippen LogP) is 3.33. The van der Waals surface area contributed by atoms with Crippen molar-refractivity contribution in [1.82, 2.24) is 19.6 Å². The number of aryl methyl sites for hydroxylation is 1. The number of carbonyl (C=O) groups is 1. The van der Waals surface area contributed by atoms with Gasteiger partial charge in [-0.1, -0.05) is 23.7 Å². The molecule has 8 heteroatoms. The molecule has 0 aliphatic carbocycles. The zero-order valence-corrected chi connectivity index (χ0v) is 14.5. The summed E-state index contributed by atoms with van der Waals surface area (Å²) >= 11 is 9.18. The Labute approximate surface area is 146 Å². The van der Waals surface area contributed by atoms with Gasteiger partial charge in [0.05, 0.1) is 29.1 Å². The monoisotopic (exact) mass is 393 g/mol. The van der Waals surface area contributed by atoms with Gasteiger partial charge in [-0.3, -0.25) is 14.2 Å². The Kier molecular flexibility index (Phi) is 4.49. The molecule has 118 valence electrons. The average molecular weight is 395 g/mol. The van der Waals surface area contributed by atoms with Crippen LogP contribution in [-0.2, 0) is 13.6 Å². The van der Waals surface area contributed by atoms with Crippen LogP contribution >= 0.6 is 27.5 Å². The van der Waals surface area contributed by atoms with E-state index < -0.39 is 0 Å². The normalized spacial score (nSPS) is 10.7. The summed E-state index contributed by atoms with van der Waals surface area (Å²) in [5.74, 6) is -0.247. The van der Waals surface area contributed by atoms with Crippen molar-refractivity contribution in [3.8, 4) is 0 Å². The number of nitrogens with one attached hydrogen (secondary N) is 1. The highest BCUT2D eigenvalue weighted by molar-refractivity contribution is 9.10. The summed E-state index contributed by atoms with van der Waals surface area (Å²) in [6.07, 6.45) is 4.97. The molecule has 0 fully saturated rings. The number of benzene rings is 1. The van der Waals surface area contributed by atoms with Crippen LogP contribution in [0.25, 0.3) is 0 Å². The molecule has 0 aliphatic heterocycles. The van der Waals surface area contributed by atoms with E-state index in [2.05, 4.69) is 31.4 Å². The van der Waals surface area contributed by atoms with Crippen molar-refractivity contribution in [2.45, 2.75) is 6.54 Å². The molecule has 0 unspecified atom stereocenters. The number of halogens is 2. The summed E-state index contributed by atoms with van der Waals surface area (Å²) in [6.45, 7) is 0.600. The first-order valence-electron chi connectivity index (χ1n) is 6.78. The minimum atomic E-state index is -0.247. The van der Waals surface area contributed by atoms with Crippen LogP contribution in [0.3, 0.4) is 0 Å². The molecule has 2 heterocycles. The van der Waals surface area contributed by atoms with Crippen molar-refractivity contribution in [2.24, 2.45) is 7.05 Å². The Bertz CT molecular complexity index is 820. The topological polar surface area (TPSA) is 64.7 Å². The quantitative estimate of drug-likeness (QED) is 0.738. The molecule has 0 saturated carbocycles. The lowest BCUT2D eigenvalue weighted by Crippen LogP contribution is -2.16. The molecule has 0 saturated heterocycles. The Morgan fingerprint density at radius 2 is 2.00 bits per heavy atom. The van der Waals surface area contributed by atoms with Gasteiger partial charge in [-0.25, -0.2) is 0 Å². The molecule has 2 aromatic heterocycles. The number of hydrogen-bond acceptors (Lipinski definition) is 3. The predicted molar refractivity (Wildman–Crippen MR) is 91.6 cm³/mol. The summed E-state index contributed by atoms with van der Waals surface area (Å²) in [5, 5.41) is 11.8. The van der Waals surface area contributed by atoms with Crippen molar-refractivity contribution < 1.29 is 4.79 Å². The highest BCUT2D eigenvalue weighted by Crippen LogP contribution is 2.17. The molecule has 0 spiro atoms. The van der Waals surface area contributed by atoms with Gasteiger partial charge < -0.3 is 5.32 Å². The van der Waals surface area contributed by atoms with Gasteiger partial charge in [-0.05, 0) is 33.6 Å². The minimum absolute atomic E-state index is 0.247. The summed E-state index contributed by atoms with van der Waals surface area (Å²) in [5.41, 5.74) is 2.15. The molecular weight excluding hydrogens is 382 g/mol. The summed E-state index contributed by atoms with van der Waals surface area (Å²) in [6, 6.07) is 7.55. The molecule has 23 heavy (non-hydrogen) atoms. The smallest absolute Gasteiger partial charge is 0.275 e. The fraction of sp³-hybridized carbons (Fsp3) is 0.133.